The highest BCUT2D eigenvalue weighted by Crippen LogP contribution is 2.68. The zero-order valence-electron chi connectivity index (χ0n) is 15.5. The molecule has 0 saturated heterocycles. The van der Waals surface area contributed by atoms with Gasteiger partial charge < -0.3 is 0 Å². The van der Waals surface area contributed by atoms with Crippen molar-refractivity contribution in [3.8, 4) is 0 Å². The van der Waals surface area contributed by atoms with Crippen LogP contribution in [0, 0.1) is 46.3 Å². The van der Waals surface area contributed by atoms with Gasteiger partial charge in [-0.1, -0.05) is 40.5 Å². The standard InChI is InChI=1S/C22H38/c1-15(2)18-10-11-19-17-9-8-16-7-5-6-13-21(16,3)20(17)12-14-22(18,19)4/h15-20H,5-14H2,1-4H3. The van der Waals surface area contributed by atoms with E-state index >= 15 is 0 Å². The molecule has 4 aliphatic rings. The number of hydrogen-bond donors (Lipinski definition) is 0. The first-order valence-corrected chi connectivity index (χ1v) is 10.5. The predicted octanol–water partition coefficient (Wildman–Crippen LogP) is 6.69. The molecule has 0 nitrogen and oxygen atoms in total. The monoisotopic (exact) mass is 302 g/mol. The summed E-state index contributed by atoms with van der Waals surface area (Å²) in [6.07, 6.45) is 15.5. The van der Waals surface area contributed by atoms with Crippen molar-refractivity contribution < 1.29 is 0 Å². The number of hydrogen-bond acceptors (Lipinski definition) is 0. The van der Waals surface area contributed by atoms with Crippen LogP contribution >= 0.6 is 0 Å². The van der Waals surface area contributed by atoms with Crippen molar-refractivity contribution >= 4 is 0 Å². The van der Waals surface area contributed by atoms with Crippen molar-refractivity contribution in [2.45, 2.75) is 91.9 Å². The Morgan fingerprint density at radius 2 is 1.50 bits per heavy atom. The third-order valence-corrected chi connectivity index (χ3v) is 9.46. The maximum Gasteiger partial charge on any atom is -0.0264 e. The summed E-state index contributed by atoms with van der Waals surface area (Å²) in [5, 5.41) is 0. The molecule has 0 heterocycles. The van der Waals surface area contributed by atoms with Gasteiger partial charge in [0, 0.05) is 0 Å². The van der Waals surface area contributed by atoms with E-state index in [-0.39, 0.29) is 0 Å². The van der Waals surface area contributed by atoms with E-state index in [4.69, 9.17) is 0 Å². The van der Waals surface area contributed by atoms with Gasteiger partial charge in [-0.25, -0.2) is 0 Å². The lowest BCUT2D eigenvalue weighted by molar-refractivity contribution is -0.113. The second kappa shape index (κ2) is 5.25. The largest absolute Gasteiger partial charge is 0.0625 e. The normalized spacial score (nSPS) is 54.7. The Kier molecular flexibility index (Phi) is 3.70. The fourth-order valence-electron chi connectivity index (χ4n) is 8.43. The highest BCUT2D eigenvalue weighted by atomic mass is 14.6. The molecule has 0 N–H and O–H groups in total. The lowest BCUT2D eigenvalue weighted by Crippen LogP contribution is -2.53. The van der Waals surface area contributed by atoms with E-state index in [1.165, 1.54) is 19.3 Å². The number of fused-ring (bicyclic) bond motifs is 5. The van der Waals surface area contributed by atoms with Gasteiger partial charge in [0.25, 0.3) is 0 Å². The van der Waals surface area contributed by atoms with Gasteiger partial charge >= 0.3 is 0 Å². The van der Waals surface area contributed by atoms with Crippen LogP contribution in [-0.4, -0.2) is 0 Å². The zero-order valence-corrected chi connectivity index (χ0v) is 15.5. The molecule has 7 atom stereocenters. The maximum absolute atomic E-state index is 2.71. The highest BCUT2D eigenvalue weighted by molar-refractivity contribution is 5.08. The fourth-order valence-corrected chi connectivity index (χ4v) is 8.43. The summed E-state index contributed by atoms with van der Waals surface area (Å²) in [4.78, 5) is 0. The van der Waals surface area contributed by atoms with Crippen LogP contribution in [0.4, 0.5) is 0 Å². The molecule has 4 fully saturated rings. The van der Waals surface area contributed by atoms with Gasteiger partial charge in [-0.05, 0) is 97.7 Å². The van der Waals surface area contributed by atoms with E-state index in [0.29, 0.717) is 5.41 Å². The highest BCUT2D eigenvalue weighted by Gasteiger charge is 2.59. The molecule has 7 unspecified atom stereocenters. The van der Waals surface area contributed by atoms with Crippen molar-refractivity contribution in [3.63, 3.8) is 0 Å². The molecule has 0 amide bonds. The van der Waals surface area contributed by atoms with Gasteiger partial charge in [0.05, 0.1) is 0 Å². The van der Waals surface area contributed by atoms with Crippen LogP contribution in [0.25, 0.3) is 0 Å². The summed E-state index contributed by atoms with van der Waals surface area (Å²) in [5.41, 5.74) is 1.41. The van der Waals surface area contributed by atoms with Gasteiger partial charge in [0.2, 0.25) is 0 Å². The molecule has 0 aromatic carbocycles. The van der Waals surface area contributed by atoms with Gasteiger partial charge in [-0.2, -0.15) is 0 Å². The van der Waals surface area contributed by atoms with Crippen LogP contribution in [0.3, 0.4) is 0 Å². The Bertz CT molecular complexity index is 424. The van der Waals surface area contributed by atoms with Crippen LogP contribution < -0.4 is 0 Å². The van der Waals surface area contributed by atoms with Crippen LogP contribution in [-0.2, 0) is 0 Å². The number of rotatable bonds is 1. The molecule has 0 bridgehead atoms. The molecular weight excluding hydrogens is 264 g/mol. The maximum atomic E-state index is 2.71. The summed E-state index contributed by atoms with van der Waals surface area (Å²) in [6.45, 7) is 10.4. The van der Waals surface area contributed by atoms with Crippen molar-refractivity contribution in [2.24, 2.45) is 46.3 Å². The lowest BCUT2D eigenvalue weighted by atomic mass is 9.44. The summed E-state index contributed by atoms with van der Waals surface area (Å²) in [6, 6.07) is 0. The van der Waals surface area contributed by atoms with Crippen molar-refractivity contribution in [1.29, 1.82) is 0 Å². The molecule has 0 heteroatoms. The van der Waals surface area contributed by atoms with E-state index in [9.17, 15) is 0 Å². The summed E-state index contributed by atoms with van der Waals surface area (Å²) < 4.78 is 0. The molecular formula is C22H38. The van der Waals surface area contributed by atoms with E-state index in [1.807, 2.05) is 0 Å². The minimum Gasteiger partial charge on any atom is -0.0625 e. The Morgan fingerprint density at radius 1 is 0.727 bits per heavy atom. The van der Waals surface area contributed by atoms with E-state index in [1.54, 1.807) is 44.9 Å². The molecule has 4 rings (SSSR count). The van der Waals surface area contributed by atoms with Crippen molar-refractivity contribution in [1.82, 2.24) is 0 Å². The average molecular weight is 303 g/mol. The smallest absolute Gasteiger partial charge is 0.0264 e. The summed E-state index contributed by atoms with van der Waals surface area (Å²) in [5.74, 6) is 6.22. The molecule has 4 saturated carbocycles. The average Bonchev–Trinajstić information content (AvgIpc) is 2.84. The van der Waals surface area contributed by atoms with Crippen LogP contribution in [0.2, 0.25) is 0 Å². The quantitative estimate of drug-likeness (QED) is 0.506. The molecule has 0 spiro atoms. The first kappa shape index (κ1) is 15.5. The third-order valence-electron chi connectivity index (χ3n) is 9.46. The first-order valence-electron chi connectivity index (χ1n) is 10.5. The Labute approximate surface area is 138 Å². The molecule has 0 radical (unpaired) electrons. The van der Waals surface area contributed by atoms with Gasteiger partial charge in [-0.15, -0.1) is 0 Å². The predicted molar refractivity (Wildman–Crippen MR) is 94.7 cm³/mol. The van der Waals surface area contributed by atoms with E-state index in [2.05, 4.69) is 27.7 Å². The van der Waals surface area contributed by atoms with E-state index in [0.717, 1.165) is 40.9 Å². The van der Waals surface area contributed by atoms with Crippen molar-refractivity contribution in [2.75, 3.05) is 0 Å². The molecule has 126 valence electrons. The lowest BCUT2D eigenvalue weighted by Gasteiger charge is -2.60. The van der Waals surface area contributed by atoms with Gasteiger partial charge in [-0.3, -0.25) is 0 Å². The second-order valence-corrected chi connectivity index (χ2v) is 10.4. The fraction of sp³-hybridized carbons (Fsp3) is 1.00. The molecule has 0 aromatic rings. The molecule has 22 heavy (non-hydrogen) atoms. The van der Waals surface area contributed by atoms with Crippen LogP contribution in [0.15, 0.2) is 0 Å². The summed E-state index contributed by atoms with van der Waals surface area (Å²) in [7, 11) is 0. The first-order chi connectivity index (χ1) is 10.5. The molecule has 0 aromatic heterocycles. The SMILES string of the molecule is CC(C)C1CCC2C3CCC4CCCCC4(C)C3CCC12C. The Morgan fingerprint density at radius 3 is 2.27 bits per heavy atom. The summed E-state index contributed by atoms with van der Waals surface area (Å²) >= 11 is 0. The van der Waals surface area contributed by atoms with Crippen LogP contribution in [0.1, 0.15) is 91.9 Å². The molecule has 0 aliphatic heterocycles. The Balaban J connectivity index is 1.62. The molecule has 4 aliphatic carbocycles. The van der Waals surface area contributed by atoms with Crippen LogP contribution in [0.5, 0.6) is 0 Å². The minimum atomic E-state index is 0.688. The van der Waals surface area contributed by atoms with Gasteiger partial charge in [0.1, 0.15) is 0 Å². The third kappa shape index (κ3) is 2.01. The second-order valence-electron chi connectivity index (χ2n) is 10.4. The Hall–Kier alpha value is 0. The van der Waals surface area contributed by atoms with E-state index < -0.39 is 0 Å². The minimum absolute atomic E-state index is 0.688. The zero-order chi connectivity index (χ0) is 15.5. The van der Waals surface area contributed by atoms with Gasteiger partial charge in [0.15, 0.2) is 0 Å². The topological polar surface area (TPSA) is 0 Å². The van der Waals surface area contributed by atoms with Crippen molar-refractivity contribution in [3.05, 3.63) is 0 Å².